The first-order valence-electron chi connectivity index (χ1n) is 5.93. The van der Waals surface area contributed by atoms with E-state index in [9.17, 15) is 4.79 Å². The first-order chi connectivity index (χ1) is 8.16. The van der Waals surface area contributed by atoms with Crippen molar-refractivity contribution in [2.45, 2.75) is 19.4 Å². The number of rotatable bonds is 3. The van der Waals surface area contributed by atoms with Gasteiger partial charge in [0.15, 0.2) is 0 Å². The van der Waals surface area contributed by atoms with Crippen molar-refractivity contribution in [2.75, 3.05) is 13.1 Å². The van der Waals surface area contributed by atoms with E-state index in [-0.39, 0.29) is 30.3 Å². The summed E-state index contributed by atoms with van der Waals surface area (Å²) in [5.74, 6) is 0.235. The number of halogens is 2. The average molecular weight is 289 g/mol. The van der Waals surface area contributed by atoms with Gasteiger partial charge in [-0.05, 0) is 37.6 Å². The molecular weight excluding hydrogens is 271 g/mol. The number of nitrogens with one attached hydrogen (secondary N) is 2. The molecule has 1 saturated heterocycles. The quantitative estimate of drug-likeness (QED) is 0.898. The van der Waals surface area contributed by atoms with Gasteiger partial charge in [-0.25, -0.2) is 0 Å². The van der Waals surface area contributed by atoms with Gasteiger partial charge in [0.2, 0.25) is 5.91 Å². The zero-order chi connectivity index (χ0) is 12.3. The Balaban J connectivity index is 0.00000162. The van der Waals surface area contributed by atoms with E-state index in [1.807, 2.05) is 31.2 Å². The summed E-state index contributed by atoms with van der Waals surface area (Å²) in [4.78, 5) is 11.9. The Kier molecular flexibility index (Phi) is 5.93. The summed E-state index contributed by atoms with van der Waals surface area (Å²) in [7, 11) is 0. The molecule has 18 heavy (non-hydrogen) atoms. The molecule has 0 aliphatic carbocycles. The van der Waals surface area contributed by atoms with Crippen molar-refractivity contribution in [3.63, 3.8) is 0 Å². The van der Waals surface area contributed by atoms with Crippen LogP contribution in [0.3, 0.4) is 0 Å². The van der Waals surface area contributed by atoms with Crippen LogP contribution in [0.25, 0.3) is 0 Å². The molecule has 3 nitrogen and oxygen atoms in total. The summed E-state index contributed by atoms with van der Waals surface area (Å²) in [5.41, 5.74) is 1.04. The summed E-state index contributed by atoms with van der Waals surface area (Å²) in [6.45, 7) is 3.70. The van der Waals surface area contributed by atoms with Gasteiger partial charge in [-0.15, -0.1) is 12.4 Å². The molecule has 1 amide bonds. The van der Waals surface area contributed by atoms with Gasteiger partial charge in [0, 0.05) is 11.6 Å². The fourth-order valence-corrected chi connectivity index (χ4v) is 2.27. The minimum Gasteiger partial charge on any atom is -0.349 e. The molecule has 2 rings (SSSR count). The van der Waals surface area contributed by atoms with Crippen LogP contribution in [-0.4, -0.2) is 19.0 Å². The van der Waals surface area contributed by atoms with Crippen LogP contribution in [0.1, 0.15) is 24.9 Å². The van der Waals surface area contributed by atoms with Gasteiger partial charge in [-0.3, -0.25) is 4.79 Å². The van der Waals surface area contributed by atoms with E-state index < -0.39 is 0 Å². The van der Waals surface area contributed by atoms with E-state index in [0.29, 0.717) is 5.02 Å². The first kappa shape index (κ1) is 15.3. The predicted octanol–water partition coefficient (Wildman–Crippen LogP) is 2.55. The smallest absolute Gasteiger partial charge is 0.224 e. The van der Waals surface area contributed by atoms with Gasteiger partial charge >= 0.3 is 0 Å². The Labute approximate surface area is 119 Å². The number of hydrogen-bond donors (Lipinski definition) is 2. The van der Waals surface area contributed by atoms with Crippen molar-refractivity contribution in [3.05, 3.63) is 34.9 Å². The maximum Gasteiger partial charge on any atom is 0.224 e. The lowest BCUT2D eigenvalue weighted by Crippen LogP contribution is -2.33. The van der Waals surface area contributed by atoms with E-state index in [1.165, 1.54) is 0 Å². The molecule has 2 N–H and O–H groups in total. The number of amides is 1. The van der Waals surface area contributed by atoms with E-state index in [0.717, 1.165) is 25.1 Å². The molecule has 1 aliphatic heterocycles. The number of carbonyl (C=O) groups is 1. The van der Waals surface area contributed by atoms with E-state index in [2.05, 4.69) is 10.6 Å². The van der Waals surface area contributed by atoms with Crippen LogP contribution in [0, 0.1) is 5.92 Å². The Morgan fingerprint density at radius 1 is 1.56 bits per heavy atom. The molecule has 2 unspecified atom stereocenters. The van der Waals surface area contributed by atoms with Gasteiger partial charge in [0.25, 0.3) is 0 Å². The second kappa shape index (κ2) is 6.98. The van der Waals surface area contributed by atoms with Gasteiger partial charge in [0.05, 0.1) is 12.0 Å². The lowest BCUT2D eigenvalue weighted by Gasteiger charge is -2.17. The first-order valence-corrected chi connectivity index (χ1v) is 6.31. The Morgan fingerprint density at radius 2 is 2.33 bits per heavy atom. The Bertz CT molecular complexity index is 406. The van der Waals surface area contributed by atoms with Crippen molar-refractivity contribution in [1.29, 1.82) is 0 Å². The summed E-state index contributed by atoms with van der Waals surface area (Å²) < 4.78 is 0. The summed E-state index contributed by atoms with van der Waals surface area (Å²) in [6.07, 6.45) is 0.925. The monoisotopic (exact) mass is 288 g/mol. The highest BCUT2D eigenvalue weighted by Gasteiger charge is 2.23. The summed E-state index contributed by atoms with van der Waals surface area (Å²) in [5, 5.41) is 6.92. The van der Waals surface area contributed by atoms with Crippen LogP contribution in [0.4, 0.5) is 0 Å². The maximum atomic E-state index is 11.9. The molecule has 1 fully saturated rings. The molecule has 1 aromatic rings. The van der Waals surface area contributed by atoms with E-state index in [1.54, 1.807) is 0 Å². The molecule has 100 valence electrons. The highest BCUT2D eigenvalue weighted by molar-refractivity contribution is 6.30. The van der Waals surface area contributed by atoms with Crippen LogP contribution in [-0.2, 0) is 4.79 Å². The standard InChI is InChI=1S/C13H17ClN2O.ClH/c1-9(10-3-2-4-12(14)7-10)16-13(17)11-5-6-15-8-11;/h2-4,7,9,11,15H,5-6,8H2,1H3,(H,16,17);1H. The van der Waals surface area contributed by atoms with E-state index >= 15 is 0 Å². The second-order valence-electron chi connectivity index (χ2n) is 4.48. The van der Waals surface area contributed by atoms with Crippen molar-refractivity contribution in [2.24, 2.45) is 5.92 Å². The zero-order valence-corrected chi connectivity index (χ0v) is 11.9. The summed E-state index contributed by atoms with van der Waals surface area (Å²) >= 11 is 5.93. The molecule has 0 bridgehead atoms. The highest BCUT2D eigenvalue weighted by Crippen LogP contribution is 2.18. The minimum absolute atomic E-state index is 0. The van der Waals surface area contributed by atoms with Crippen LogP contribution in [0.5, 0.6) is 0 Å². The number of benzene rings is 1. The third kappa shape index (κ3) is 3.87. The molecular formula is C13H18Cl2N2O. The lowest BCUT2D eigenvalue weighted by atomic mass is 10.1. The fourth-order valence-electron chi connectivity index (χ4n) is 2.07. The third-order valence-electron chi connectivity index (χ3n) is 3.14. The second-order valence-corrected chi connectivity index (χ2v) is 4.91. The van der Waals surface area contributed by atoms with E-state index in [4.69, 9.17) is 11.6 Å². The molecule has 1 aromatic carbocycles. The van der Waals surface area contributed by atoms with Gasteiger partial charge < -0.3 is 10.6 Å². The minimum atomic E-state index is 0. The predicted molar refractivity (Wildman–Crippen MR) is 76.2 cm³/mol. The Morgan fingerprint density at radius 3 is 2.94 bits per heavy atom. The molecule has 1 aliphatic rings. The molecule has 0 aromatic heterocycles. The molecule has 0 spiro atoms. The van der Waals surface area contributed by atoms with Crippen molar-refractivity contribution < 1.29 is 4.79 Å². The SMILES string of the molecule is CC(NC(=O)C1CCNC1)c1cccc(Cl)c1.Cl. The Hall–Kier alpha value is -0.770. The average Bonchev–Trinajstić information content (AvgIpc) is 2.82. The summed E-state index contributed by atoms with van der Waals surface area (Å²) in [6, 6.07) is 7.60. The molecule has 5 heteroatoms. The van der Waals surface area contributed by atoms with Crippen LogP contribution in [0.2, 0.25) is 5.02 Å². The van der Waals surface area contributed by atoms with Crippen LogP contribution in [0.15, 0.2) is 24.3 Å². The van der Waals surface area contributed by atoms with Gasteiger partial charge in [0.1, 0.15) is 0 Å². The maximum absolute atomic E-state index is 11.9. The van der Waals surface area contributed by atoms with Gasteiger partial charge in [-0.1, -0.05) is 23.7 Å². The van der Waals surface area contributed by atoms with Crippen LogP contribution < -0.4 is 10.6 Å². The van der Waals surface area contributed by atoms with Crippen molar-refractivity contribution in [3.8, 4) is 0 Å². The largest absolute Gasteiger partial charge is 0.349 e. The highest BCUT2D eigenvalue weighted by atomic mass is 35.5. The molecule has 0 saturated carbocycles. The number of carbonyl (C=O) groups excluding carboxylic acids is 1. The van der Waals surface area contributed by atoms with Gasteiger partial charge in [-0.2, -0.15) is 0 Å². The lowest BCUT2D eigenvalue weighted by molar-refractivity contribution is -0.125. The molecule has 1 heterocycles. The molecule has 2 atom stereocenters. The van der Waals surface area contributed by atoms with Crippen LogP contribution >= 0.6 is 24.0 Å². The topological polar surface area (TPSA) is 41.1 Å². The third-order valence-corrected chi connectivity index (χ3v) is 3.37. The normalized spacial score (nSPS) is 20.0. The zero-order valence-electron chi connectivity index (χ0n) is 10.3. The fraction of sp³-hybridized carbons (Fsp3) is 0.462. The van der Waals surface area contributed by atoms with Crippen molar-refractivity contribution in [1.82, 2.24) is 10.6 Å². The van der Waals surface area contributed by atoms with Crippen molar-refractivity contribution >= 4 is 29.9 Å². The number of hydrogen-bond acceptors (Lipinski definition) is 2. The molecule has 0 radical (unpaired) electrons.